The summed E-state index contributed by atoms with van der Waals surface area (Å²) in [4.78, 5) is 24.7. The molecule has 0 spiro atoms. The van der Waals surface area contributed by atoms with Crippen molar-refractivity contribution in [3.05, 3.63) is 11.6 Å². The van der Waals surface area contributed by atoms with Gasteiger partial charge in [-0.3, -0.25) is 9.59 Å². The number of hydrogen-bond donors (Lipinski definition) is 3. The second-order valence-electron chi connectivity index (χ2n) is 8.91. The highest BCUT2D eigenvalue weighted by Crippen LogP contribution is 2.67. The lowest BCUT2D eigenvalue weighted by atomic mass is 9.45. The first-order chi connectivity index (χ1) is 13.6. The largest absolute Gasteiger partial charge is 0.393 e. The van der Waals surface area contributed by atoms with Crippen molar-refractivity contribution in [2.24, 2.45) is 28.6 Å². The molecule has 5 nitrogen and oxygen atoms in total. The van der Waals surface area contributed by atoms with E-state index in [-0.39, 0.29) is 25.2 Å². The van der Waals surface area contributed by atoms with Crippen LogP contribution in [0.1, 0.15) is 64.2 Å². The van der Waals surface area contributed by atoms with E-state index in [2.05, 4.69) is 0 Å². The van der Waals surface area contributed by atoms with E-state index in [1.54, 1.807) is 13.8 Å². The van der Waals surface area contributed by atoms with Crippen molar-refractivity contribution >= 4 is 11.6 Å². The van der Waals surface area contributed by atoms with E-state index < -0.39 is 58.9 Å². The van der Waals surface area contributed by atoms with E-state index in [0.29, 0.717) is 24.8 Å². The first-order valence-corrected chi connectivity index (χ1v) is 9.45. The van der Waals surface area contributed by atoms with Gasteiger partial charge in [-0.05, 0) is 67.7 Å². The molecule has 26 heavy (non-hydrogen) atoms. The van der Waals surface area contributed by atoms with Gasteiger partial charge in [0.25, 0.3) is 0 Å². The average molecular weight is 366 g/mol. The summed E-state index contributed by atoms with van der Waals surface area (Å²) in [5.41, 5.74) is -3.69. The summed E-state index contributed by atoms with van der Waals surface area (Å²) in [6, 6.07) is 0. The lowest BCUT2D eigenvalue weighted by Gasteiger charge is -2.60. The lowest BCUT2D eigenvalue weighted by molar-refractivity contribution is -0.182. The first kappa shape index (κ1) is 14.0. The SMILES string of the molecule is [2H]C1([2H])C[C@@]2(C)C(=CC1=O)CC[C@H]1[C@@H]3CC[C@](O)(C(=O)CO)[C@@]3(C)C[C@]([2H])(O)[C@@]12[2H]. The summed E-state index contributed by atoms with van der Waals surface area (Å²) in [5, 5.41) is 32.1. The molecule has 0 amide bonds. The van der Waals surface area contributed by atoms with Gasteiger partial charge in [0.1, 0.15) is 12.2 Å². The van der Waals surface area contributed by atoms with Crippen LogP contribution in [-0.4, -0.2) is 45.2 Å². The molecule has 3 fully saturated rings. The third-order valence-corrected chi connectivity index (χ3v) is 7.84. The van der Waals surface area contributed by atoms with E-state index in [4.69, 9.17) is 4.11 Å². The molecule has 144 valence electrons. The fourth-order valence-electron chi connectivity index (χ4n) is 6.39. The Morgan fingerprint density at radius 1 is 1.38 bits per heavy atom. The summed E-state index contributed by atoms with van der Waals surface area (Å²) in [6.45, 7) is 2.50. The molecule has 0 aromatic carbocycles. The Morgan fingerprint density at radius 3 is 2.81 bits per heavy atom. The molecule has 3 N–H and O–H groups in total. The molecule has 0 unspecified atom stereocenters. The molecule has 7 atom stereocenters. The van der Waals surface area contributed by atoms with E-state index in [0.717, 1.165) is 0 Å². The molecule has 0 saturated heterocycles. The highest BCUT2D eigenvalue weighted by atomic mass is 16.3. The summed E-state index contributed by atoms with van der Waals surface area (Å²) in [7, 11) is 0. The summed E-state index contributed by atoms with van der Waals surface area (Å²) >= 11 is 0. The summed E-state index contributed by atoms with van der Waals surface area (Å²) in [6.07, 6.45) is -2.57. The lowest BCUT2D eigenvalue weighted by Crippen LogP contribution is -2.62. The number of ketones is 2. The van der Waals surface area contributed by atoms with Crippen LogP contribution in [0, 0.1) is 28.6 Å². The van der Waals surface area contributed by atoms with Crippen LogP contribution >= 0.6 is 0 Å². The van der Waals surface area contributed by atoms with Gasteiger partial charge in [0.05, 0.1) is 7.45 Å². The quantitative estimate of drug-likeness (QED) is 0.692. The number of rotatable bonds is 2. The van der Waals surface area contributed by atoms with Crippen LogP contribution in [-0.2, 0) is 9.59 Å². The third-order valence-electron chi connectivity index (χ3n) is 7.84. The van der Waals surface area contributed by atoms with E-state index >= 15 is 0 Å². The molecule has 0 radical (unpaired) electrons. The number of allylic oxidation sites excluding steroid dienone is 1. The molecule has 0 bridgehead atoms. The molecular weight excluding hydrogens is 332 g/mol. The minimum absolute atomic E-state index is 0.0922. The number of fused-ring (bicyclic) bond motifs is 5. The predicted molar refractivity (Wildman–Crippen MR) is 95.1 cm³/mol. The Morgan fingerprint density at radius 2 is 2.12 bits per heavy atom. The zero-order chi connectivity index (χ0) is 22.5. The minimum atomic E-state index is -2.39. The normalized spacial score (nSPS) is 60.3. The van der Waals surface area contributed by atoms with Crippen molar-refractivity contribution < 1.29 is 30.4 Å². The fraction of sp³-hybridized carbons (Fsp3) is 0.810. The summed E-state index contributed by atoms with van der Waals surface area (Å²) < 4.78 is 34.7. The molecular formula is C21H30O5. The number of carbonyl (C=O) groups excluding carboxylic acids is 2. The Bertz CT molecular complexity index is 856. The van der Waals surface area contributed by atoms with Gasteiger partial charge < -0.3 is 15.3 Å². The second kappa shape index (κ2) is 5.73. The van der Waals surface area contributed by atoms with Crippen LogP contribution in [0.4, 0.5) is 0 Å². The summed E-state index contributed by atoms with van der Waals surface area (Å²) in [5.74, 6) is -4.10. The van der Waals surface area contributed by atoms with Crippen LogP contribution in [0.5, 0.6) is 0 Å². The molecule has 5 heteroatoms. The van der Waals surface area contributed by atoms with Gasteiger partial charge in [0.15, 0.2) is 11.6 Å². The Balaban J connectivity index is 1.88. The van der Waals surface area contributed by atoms with Crippen molar-refractivity contribution in [3.8, 4) is 0 Å². The van der Waals surface area contributed by atoms with Crippen LogP contribution in [0.3, 0.4) is 0 Å². The van der Waals surface area contributed by atoms with E-state index in [9.17, 15) is 26.3 Å². The second-order valence-corrected chi connectivity index (χ2v) is 8.91. The number of Topliss-reactive ketones (excluding diaryl/α,β-unsaturated/α-hetero) is 1. The molecule has 4 rings (SSSR count). The molecule has 4 aliphatic carbocycles. The molecule has 0 aromatic heterocycles. The highest BCUT2D eigenvalue weighted by molar-refractivity contribution is 5.91. The Kier molecular flexibility index (Phi) is 3.09. The monoisotopic (exact) mass is 366 g/mol. The van der Waals surface area contributed by atoms with Crippen molar-refractivity contribution in [1.29, 1.82) is 0 Å². The smallest absolute Gasteiger partial charge is 0.190 e. The van der Waals surface area contributed by atoms with E-state index in [1.807, 2.05) is 0 Å². The van der Waals surface area contributed by atoms with Gasteiger partial charge in [0.2, 0.25) is 0 Å². The van der Waals surface area contributed by atoms with Crippen molar-refractivity contribution in [3.63, 3.8) is 0 Å². The van der Waals surface area contributed by atoms with Crippen molar-refractivity contribution in [1.82, 2.24) is 0 Å². The maximum absolute atomic E-state index is 12.5. The molecule has 0 aromatic rings. The van der Waals surface area contributed by atoms with Crippen molar-refractivity contribution in [2.45, 2.75) is 70.4 Å². The van der Waals surface area contributed by atoms with Crippen LogP contribution in [0.25, 0.3) is 0 Å². The van der Waals surface area contributed by atoms with Gasteiger partial charge in [-0.1, -0.05) is 19.4 Å². The molecule has 0 aliphatic heterocycles. The van der Waals surface area contributed by atoms with Gasteiger partial charge in [-0.25, -0.2) is 0 Å². The predicted octanol–water partition coefficient (Wildman–Crippen LogP) is 1.78. The standard InChI is InChI=1S/C21H30O5/c1-19-7-5-13(23)9-12(19)3-4-14-15-6-8-21(26,17(25)11-22)20(15,2)10-16(24)18(14)19/h9,14-16,18,22,24,26H,3-8,10-11H2,1-2H3/t14-,15-,16-,18+,19-,20-,21-/m0/s1/i5D2,16D,18D. The van der Waals surface area contributed by atoms with Gasteiger partial charge in [-0.15, -0.1) is 0 Å². The van der Waals surface area contributed by atoms with Gasteiger partial charge >= 0.3 is 0 Å². The van der Waals surface area contributed by atoms with Crippen LogP contribution < -0.4 is 0 Å². The van der Waals surface area contributed by atoms with Gasteiger partial charge in [0, 0.05) is 15.9 Å². The molecule has 4 aliphatic rings. The molecule has 0 heterocycles. The molecule has 3 saturated carbocycles. The number of aliphatic hydroxyl groups is 3. The minimum Gasteiger partial charge on any atom is -0.393 e. The van der Waals surface area contributed by atoms with Crippen LogP contribution in [0.2, 0.25) is 0 Å². The fourth-order valence-corrected chi connectivity index (χ4v) is 6.39. The topological polar surface area (TPSA) is 94.8 Å². The number of carbonyl (C=O) groups is 2. The van der Waals surface area contributed by atoms with E-state index in [1.165, 1.54) is 6.08 Å². The zero-order valence-electron chi connectivity index (χ0n) is 19.3. The van der Waals surface area contributed by atoms with Gasteiger partial charge in [-0.2, -0.15) is 0 Å². The van der Waals surface area contributed by atoms with Crippen molar-refractivity contribution in [2.75, 3.05) is 6.61 Å². The highest BCUT2D eigenvalue weighted by Gasteiger charge is 2.68. The zero-order valence-corrected chi connectivity index (χ0v) is 15.3. The average Bonchev–Trinajstić information content (AvgIpc) is 2.88. The van der Waals surface area contributed by atoms with Crippen LogP contribution in [0.15, 0.2) is 11.6 Å². The Hall–Kier alpha value is -1.04. The first-order valence-electron chi connectivity index (χ1n) is 11.5. The maximum atomic E-state index is 12.5. The number of aliphatic hydroxyl groups excluding tert-OH is 1. The third kappa shape index (κ3) is 2.14. The maximum Gasteiger partial charge on any atom is 0.190 e. The number of hydrogen-bond acceptors (Lipinski definition) is 5. The Labute approximate surface area is 160 Å².